The maximum atomic E-state index is 5.46. The Hall–Kier alpha value is -1.43. The maximum absolute atomic E-state index is 5.46. The topological polar surface area (TPSA) is 30.8 Å². The second kappa shape index (κ2) is 7.10. The van der Waals surface area contributed by atoms with Crippen LogP contribution in [0.1, 0.15) is 5.56 Å². The first-order valence-electron chi connectivity index (χ1n) is 5.45. The van der Waals surface area contributed by atoms with E-state index >= 15 is 0 Å². The molecule has 0 aliphatic heterocycles. The molecule has 0 fully saturated rings. The summed E-state index contributed by atoms with van der Waals surface area (Å²) in [7, 11) is 0.605. The highest BCUT2D eigenvalue weighted by molar-refractivity contribution is 7.39. The van der Waals surface area contributed by atoms with Gasteiger partial charge in [-0.05, 0) is 36.8 Å². The number of nitrogens with zero attached hydrogens (tertiary/aromatic N) is 1. The van der Waals surface area contributed by atoms with E-state index in [1.54, 1.807) is 0 Å². The molecule has 1 unspecified atom stereocenters. The number of hydrogen-bond donors (Lipinski definition) is 0. The van der Waals surface area contributed by atoms with Crippen molar-refractivity contribution in [3.8, 4) is 11.5 Å². The molecule has 0 aliphatic rings. The summed E-state index contributed by atoms with van der Waals surface area (Å²) in [5.74, 6) is 1.65. The molecule has 2 aromatic rings. The second-order valence-electron chi connectivity index (χ2n) is 3.60. The molecule has 2 aromatic carbocycles. The van der Waals surface area contributed by atoms with Gasteiger partial charge in [0.25, 0.3) is 0 Å². The summed E-state index contributed by atoms with van der Waals surface area (Å²) in [5, 5.41) is 0. The summed E-state index contributed by atoms with van der Waals surface area (Å²) in [4.78, 5) is 0. The minimum Gasteiger partial charge on any atom is -0.454 e. The van der Waals surface area contributed by atoms with Gasteiger partial charge < -0.3 is 9.05 Å². The Labute approximate surface area is 110 Å². The van der Waals surface area contributed by atoms with Crippen molar-refractivity contribution in [3.05, 3.63) is 60.2 Å². The molecule has 0 spiro atoms. The minimum atomic E-state index is 0.0463. The molecule has 18 heavy (non-hydrogen) atoms. The molecule has 0 radical (unpaired) electrons. The van der Waals surface area contributed by atoms with Gasteiger partial charge in [-0.2, -0.15) is 4.52 Å². The summed E-state index contributed by atoms with van der Waals surface area (Å²) in [5.41, 5.74) is 1.17. The standard InChI is InChI=1S/C13H13NO2P2/c1-11-6-5-9-13(10-11)16-18-14-17-15-12-7-3-2-4-8-12/h2-10,17H,1H3. The summed E-state index contributed by atoms with van der Waals surface area (Å²) in [6.45, 7) is 2.03. The molecule has 3 nitrogen and oxygen atoms in total. The zero-order valence-corrected chi connectivity index (χ0v) is 11.8. The van der Waals surface area contributed by atoms with Crippen LogP contribution in [0.3, 0.4) is 0 Å². The molecule has 0 bridgehead atoms. The highest BCUT2D eigenvalue weighted by Crippen LogP contribution is 2.26. The number of para-hydroxylation sites is 1. The first-order chi connectivity index (χ1) is 8.84. The van der Waals surface area contributed by atoms with Crippen molar-refractivity contribution in [2.75, 3.05) is 0 Å². The van der Waals surface area contributed by atoms with E-state index in [0.29, 0.717) is 8.60 Å². The minimum absolute atomic E-state index is 0.0463. The number of aryl methyl sites for hydroxylation is 1. The second-order valence-corrected chi connectivity index (χ2v) is 5.13. The van der Waals surface area contributed by atoms with E-state index in [2.05, 4.69) is 4.52 Å². The molecule has 0 amide bonds. The molecule has 0 N–H and O–H groups in total. The van der Waals surface area contributed by atoms with Crippen molar-refractivity contribution in [1.82, 2.24) is 0 Å². The van der Waals surface area contributed by atoms with Crippen LogP contribution in [0.5, 0.6) is 11.5 Å². The molecule has 0 saturated carbocycles. The highest BCUT2D eigenvalue weighted by Gasteiger charge is 1.92. The van der Waals surface area contributed by atoms with Gasteiger partial charge >= 0.3 is 0 Å². The van der Waals surface area contributed by atoms with Crippen molar-refractivity contribution < 1.29 is 9.05 Å². The van der Waals surface area contributed by atoms with E-state index in [9.17, 15) is 0 Å². The Morgan fingerprint density at radius 2 is 1.78 bits per heavy atom. The van der Waals surface area contributed by atoms with E-state index in [-0.39, 0.29) is 8.96 Å². The average molecular weight is 277 g/mol. The van der Waals surface area contributed by atoms with Crippen LogP contribution in [0.25, 0.3) is 0 Å². The summed E-state index contributed by atoms with van der Waals surface area (Å²) < 4.78 is 15.0. The smallest absolute Gasteiger partial charge is 0.249 e. The monoisotopic (exact) mass is 277 g/mol. The van der Waals surface area contributed by atoms with Crippen LogP contribution in [0.15, 0.2) is 59.1 Å². The average Bonchev–Trinajstić information content (AvgIpc) is 2.40. The van der Waals surface area contributed by atoms with Gasteiger partial charge in [0.05, 0.1) is 0 Å². The molecule has 5 heteroatoms. The number of hydrogen-bond acceptors (Lipinski definition) is 3. The van der Waals surface area contributed by atoms with Gasteiger partial charge in [0, 0.05) is 0 Å². The third kappa shape index (κ3) is 4.44. The molecule has 0 saturated heterocycles. The Bertz CT molecular complexity index is 517. The van der Waals surface area contributed by atoms with Gasteiger partial charge in [0.1, 0.15) is 11.5 Å². The van der Waals surface area contributed by atoms with Crippen LogP contribution in [0, 0.1) is 6.92 Å². The summed E-state index contributed by atoms with van der Waals surface area (Å²) >= 11 is 0. The first-order valence-corrected chi connectivity index (χ1v) is 7.07. The van der Waals surface area contributed by atoms with Crippen LogP contribution < -0.4 is 9.05 Å². The Morgan fingerprint density at radius 1 is 1.00 bits per heavy atom. The zero-order chi connectivity index (χ0) is 12.6. The quantitative estimate of drug-likeness (QED) is 0.719. The first kappa shape index (κ1) is 13.0. The predicted molar refractivity (Wildman–Crippen MR) is 76.5 cm³/mol. The fraction of sp³-hybridized carbons (Fsp3) is 0.0769. The van der Waals surface area contributed by atoms with E-state index in [1.165, 1.54) is 5.56 Å². The third-order valence-electron chi connectivity index (χ3n) is 2.12. The molecule has 0 aromatic heterocycles. The normalized spacial score (nSPS) is 11.2. The molecular weight excluding hydrogens is 264 g/mol. The number of rotatable bonds is 5. The van der Waals surface area contributed by atoms with E-state index in [1.807, 2.05) is 61.5 Å². The number of benzene rings is 2. The van der Waals surface area contributed by atoms with Gasteiger partial charge in [-0.25, -0.2) is 0 Å². The van der Waals surface area contributed by atoms with Gasteiger partial charge in [-0.1, -0.05) is 30.3 Å². The van der Waals surface area contributed by atoms with Crippen LogP contribution in [-0.2, 0) is 0 Å². The van der Waals surface area contributed by atoms with E-state index < -0.39 is 0 Å². The lowest BCUT2D eigenvalue weighted by Crippen LogP contribution is -1.76. The Balaban J connectivity index is 1.76. The lowest BCUT2D eigenvalue weighted by atomic mass is 10.2. The van der Waals surface area contributed by atoms with Crippen molar-refractivity contribution in [2.45, 2.75) is 6.92 Å². The molecule has 2 rings (SSSR count). The van der Waals surface area contributed by atoms with Gasteiger partial charge in [0.2, 0.25) is 17.6 Å². The van der Waals surface area contributed by atoms with E-state index in [0.717, 1.165) is 11.5 Å². The third-order valence-corrected chi connectivity index (χ3v) is 3.40. The SMILES string of the molecule is Cc1cccc(OP=NPOc2ccccc2)c1. The van der Waals surface area contributed by atoms with Gasteiger partial charge in [0.15, 0.2) is 0 Å². The zero-order valence-electron chi connectivity index (χ0n) is 9.91. The lowest BCUT2D eigenvalue weighted by Gasteiger charge is -2.00. The Kier molecular flexibility index (Phi) is 5.14. The fourth-order valence-corrected chi connectivity index (χ4v) is 2.23. The van der Waals surface area contributed by atoms with Gasteiger partial charge in [-0.15, -0.1) is 0 Å². The summed E-state index contributed by atoms with van der Waals surface area (Å²) in [6.07, 6.45) is 0. The molecular formula is C13H13NO2P2. The van der Waals surface area contributed by atoms with Crippen molar-refractivity contribution >= 4 is 17.6 Å². The van der Waals surface area contributed by atoms with Gasteiger partial charge in [-0.3, -0.25) is 0 Å². The van der Waals surface area contributed by atoms with Crippen LogP contribution >= 0.6 is 17.6 Å². The molecule has 92 valence electrons. The van der Waals surface area contributed by atoms with Crippen LogP contribution in [-0.4, -0.2) is 0 Å². The van der Waals surface area contributed by atoms with Crippen molar-refractivity contribution in [3.63, 3.8) is 0 Å². The predicted octanol–water partition coefficient (Wildman–Crippen LogP) is 5.01. The molecule has 1 atom stereocenters. The van der Waals surface area contributed by atoms with Crippen molar-refractivity contribution in [1.29, 1.82) is 0 Å². The molecule has 0 aliphatic carbocycles. The fourth-order valence-electron chi connectivity index (χ4n) is 1.32. The van der Waals surface area contributed by atoms with E-state index in [4.69, 9.17) is 9.05 Å². The van der Waals surface area contributed by atoms with Crippen molar-refractivity contribution in [2.24, 2.45) is 4.52 Å². The summed E-state index contributed by atoms with van der Waals surface area (Å²) in [6, 6.07) is 17.5. The molecule has 0 heterocycles. The lowest BCUT2D eigenvalue weighted by molar-refractivity contribution is 0.626. The van der Waals surface area contributed by atoms with Crippen LogP contribution in [0.2, 0.25) is 0 Å². The highest BCUT2D eigenvalue weighted by atomic mass is 31.1. The van der Waals surface area contributed by atoms with Crippen LogP contribution in [0.4, 0.5) is 0 Å². The Morgan fingerprint density at radius 3 is 2.56 bits per heavy atom. The maximum Gasteiger partial charge on any atom is 0.249 e. The largest absolute Gasteiger partial charge is 0.454 e.